The SMILES string of the molecule is CCOC(OC)Oc1ccc(C#Cc2ccc(C(=O)OC)cc2)cc1C12CC3CC(CC(C3)C1)C2. The summed E-state index contributed by atoms with van der Waals surface area (Å²) in [6, 6.07) is 13.5. The molecule has 4 fully saturated rings. The lowest BCUT2D eigenvalue weighted by Gasteiger charge is -2.57. The molecular formula is C30H34O5. The van der Waals surface area contributed by atoms with Crippen LogP contribution in [0.3, 0.4) is 0 Å². The van der Waals surface area contributed by atoms with Crippen LogP contribution in [-0.2, 0) is 19.6 Å². The van der Waals surface area contributed by atoms with Gasteiger partial charge in [0.25, 0.3) is 0 Å². The first-order valence-electron chi connectivity index (χ1n) is 12.7. The summed E-state index contributed by atoms with van der Waals surface area (Å²) in [4.78, 5) is 11.7. The van der Waals surface area contributed by atoms with E-state index < -0.39 is 6.48 Å². The molecule has 5 heteroatoms. The molecule has 4 bridgehead atoms. The smallest absolute Gasteiger partial charge is 0.337 e. The van der Waals surface area contributed by atoms with Crippen LogP contribution in [0.1, 0.15) is 72.5 Å². The van der Waals surface area contributed by atoms with E-state index >= 15 is 0 Å². The molecule has 2 aromatic rings. The van der Waals surface area contributed by atoms with Gasteiger partial charge in [0.05, 0.1) is 19.3 Å². The van der Waals surface area contributed by atoms with E-state index in [0.717, 1.165) is 34.6 Å². The van der Waals surface area contributed by atoms with Gasteiger partial charge in [-0.1, -0.05) is 11.8 Å². The molecule has 5 nitrogen and oxygen atoms in total. The predicted molar refractivity (Wildman–Crippen MR) is 133 cm³/mol. The third kappa shape index (κ3) is 4.96. The molecule has 4 aliphatic rings. The van der Waals surface area contributed by atoms with Crippen molar-refractivity contribution in [2.24, 2.45) is 17.8 Å². The summed E-state index contributed by atoms with van der Waals surface area (Å²) in [5, 5.41) is 0. The highest BCUT2D eigenvalue weighted by atomic mass is 16.8. The fraction of sp³-hybridized carbons (Fsp3) is 0.500. The quantitative estimate of drug-likeness (QED) is 0.293. The van der Waals surface area contributed by atoms with Crippen molar-refractivity contribution in [2.45, 2.75) is 57.3 Å². The predicted octanol–water partition coefficient (Wildman–Crippen LogP) is 5.69. The molecule has 6 rings (SSSR count). The largest absolute Gasteiger partial charge is 0.465 e. The highest BCUT2D eigenvalue weighted by Gasteiger charge is 2.52. The average Bonchev–Trinajstić information content (AvgIpc) is 2.86. The van der Waals surface area contributed by atoms with Crippen LogP contribution in [0.4, 0.5) is 0 Å². The van der Waals surface area contributed by atoms with Gasteiger partial charge in [-0.15, -0.1) is 0 Å². The Hall–Kier alpha value is -2.81. The number of methoxy groups -OCH3 is 2. The van der Waals surface area contributed by atoms with E-state index in [4.69, 9.17) is 18.9 Å². The number of esters is 1. The van der Waals surface area contributed by atoms with Gasteiger partial charge in [-0.2, -0.15) is 0 Å². The van der Waals surface area contributed by atoms with E-state index in [1.165, 1.54) is 51.2 Å². The fourth-order valence-electron chi connectivity index (χ4n) is 6.91. The second kappa shape index (κ2) is 10.0. The summed E-state index contributed by atoms with van der Waals surface area (Å²) in [5.74, 6) is 9.54. The van der Waals surface area contributed by atoms with Crippen molar-refractivity contribution in [3.63, 3.8) is 0 Å². The molecule has 0 N–H and O–H groups in total. The van der Waals surface area contributed by atoms with Gasteiger partial charge in [-0.3, -0.25) is 0 Å². The second-order valence-electron chi connectivity index (χ2n) is 10.3. The van der Waals surface area contributed by atoms with E-state index in [-0.39, 0.29) is 11.4 Å². The summed E-state index contributed by atoms with van der Waals surface area (Å²) in [6.45, 7) is 1.73. The van der Waals surface area contributed by atoms with Crippen LogP contribution in [0.5, 0.6) is 5.75 Å². The molecule has 1 unspecified atom stereocenters. The Morgan fingerprint density at radius 2 is 1.54 bits per heavy atom. The molecule has 0 saturated heterocycles. The average molecular weight is 475 g/mol. The molecule has 1 atom stereocenters. The van der Waals surface area contributed by atoms with Gasteiger partial charge in [0, 0.05) is 23.8 Å². The first-order chi connectivity index (χ1) is 17.0. The van der Waals surface area contributed by atoms with Crippen molar-refractivity contribution in [3.8, 4) is 17.6 Å². The van der Waals surface area contributed by atoms with Gasteiger partial charge in [0.15, 0.2) is 0 Å². The molecule has 35 heavy (non-hydrogen) atoms. The summed E-state index contributed by atoms with van der Waals surface area (Å²) in [6.07, 6.45) is 7.84. The van der Waals surface area contributed by atoms with Crippen LogP contribution < -0.4 is 4.74 Å². The van der Waals surface area contributed by atoms with Crippen molar-refractivity contribution < 1.29 is 23.7 Å². The Morgan fingerprint density at radius 1 is 0.943 bits per heavy atom. The summed E-state index contributed by atoms with van der Waals surface area (Å²) < 4.78 is 22.1. The molecule has 0 aliphatic heterocycles. The minimum atomic E-state index is -0.724. The van der Waals surface area contributed by atoms with Gasteiger partial charge in [0.1, 0.15) is 5.75 Å². The van der Waals surface area contributed by atoms with E-state index in [2.05, 4.69) is 17.9 Å². The normalized spacial score (nSPS) is 27.1. The van der Waals surface area contributed by atoms with Gasteiger partial charge < -0.3 is 18.9 Å². The van der Waals surface area contributed by atoms with E-state index in [9.17, 15) is 4.79 Å². The van der Waals surface area contributed by atoms with Crippen LogP contribution >= 0.6 is 0 Å². The monoisotopic (exact) mass is 474 g/mol. The molecule has 0 spiro atoms. The maximum absolute atomic E-state index is 11.7. The molecule has 184 valence electrons. The minimum absolute atomic E-state index is 0.147. The molecule has 0 heterocycles. The number of hydrogen-bond acceptors (Lipinski definition) is 5. The van der Waals surface area contributed by atoms with Crippen molar-refractivity contribution in [2.75, 3.05) is 20.8 Å². The van der Waals surface area contributed by atoms with Crippen LogP contribution in [-0.4, -0.2) is 33.3 Å². The zero-order chi connectivity index (χ0) is 24.4. The van der Waals surface area contributed by atoms with Crippen molar-refractivity contribution in [3.05, 3.63) is 64.7 Å². The second-order valence-corrected chi connectivity index (χ2v) is 10.3. The Labute approximate surface area is 208 Å². The highest BCUT2D eigenvalue weighted by molar-refractivity contribution is 5.89. The van der Waals surface area contributed by atoms with Crippen LogP contribution in [0.2, 0.25) is 0 Å². The Kier molecular flexibility index (Phi) is 6.86. The number of rotatable bonds is 7. The number of ether oxygens (including phenoxy) is 4. The number of carbonyl (C=O) groups excluding carboxylic acids is 1. The summed E-state index contributed by atoms with van der Waals surface area (Å²) in [7, 11) is 2.99. The Bertz CT molecular complexity index is 1090. The molecular weight excluding hydrogens is 440 g/mol. The van der Waals surface area contributed by atoms with Crippen molar-refractivity contribution >= 4 is 5.97 Å². The molecule has 0 aromatic heterocycles. The lowest BCUT2D eigenvalue weighted by Crippen LogP contribution is -2.48. The van der Waals surface area contributed by atoms with E-state index in [1.54, 1.807) is 19.2 Å². The summed E-state index contributed by atoms with van der Waals surface area (Å²) in [5.41, 5.74) is 3.74. The maximum atomic E-state index is 11.7. The molecule has 0 radical (unpaired) electrons. The van der Waals surface area contributed by atoms with E-state index in [0.29, 0.717) is 12.2 Å². The lowest BCUT2D eigenvalue weighted by atomic mass is 9.48. The highest BCUT2D eigenvalue weighted by Crippen LogP contribution is 2.62. The molecule has 2 aromatic carbocycles. The first-order valence-corrected chi connectivity index (χ1v) is 12.7. The van der Waals surface area contributed by atoms with Gasteiger partial charge >= 0.3 is 12.4 Å². The number of benzene rings is 2. The topological polar surface area (TPSA) is 54.0 Å². The zero-order valence-corrected chi connectivity index (χ0v) is 20.8. The van der Waals surface area contributed by atoms with Crippen molar-refractivity contribution in [1.82, 2.24) is 0 Å². The Morgan fingerprint density at radius 3 is 2.11 bits per heavy atom. The number of hydrogen-bond donors (Lipinski definition) is 0. The fourth-order valence-corrected chi connectivity index (χ4v) is 6.91. The van der Waals surface area contributed by atoms with Crippen LogP contribution in [0.25, 0.3) is 0 Å². The first kappa shape index (κ1) is 23.9. The Balaban J connectivity index is 1.47. The third-order valence-corrected chi connectivity index (χ3v) is 7.96. The molecule has 4 aliphatic carbocycles. The zero-order valence-electron chi connectivity index (χ0n) is 20.8. The maximum Gasteiger partial charge on any atom is 0.337 e. The van der Waals surface area contributed by atoms with Crippen LogP contribution in [0.15, 0.2) is 42.5 Å². The van der Waals surface area contributed by atoms with Gasteiger partial charge in [0.2, 0.25) is 0 Å². The molecule has 0 amide bonds. The standard InChI is InChI=1S/C30H34O5/c1-4-34-29(33-3)35-27-12-9-21(6-5-20-7-10-25(11-8-20)28(31)32-2)16-26(27)30-17-22-13-23(18-30)15-24(14-22)19-30/h7-12,16,22-24,29H,4,13-15,17-19H2,1-3H3. The van der Waals surface area contributed by atoms with Crippen LogP contribution in [0, 0.1) is 29.6 Å². The van der Waals surface area contributed by atoms with Crippen molar-refractivity contribution in [1.29, 1.82) is 0 Å². The van der Waals surface area contributed by atoms with Gasteiger partial charge in [-0.05, 0) is 111 Å². The molecule has 4 saturated carbocycles. The summed E-state index contributed by atoms with van der Waals surface area (Å²) >= 11 is 0. The van der Waals surface area contributed by atoms with E-state index in [1.807, 2.05) is 31.2 Å². The number of carbonyl (C=O) groups is 1. The minimum Gasteiger partial charge on any atom is -0.465 e. The lowest BCUT2D eigenvalue weighted by molar-refractivity contribution is -0.231. The van der Waals surface area contributed by atoms with Gasteiger partial charge in [-0.25, -0.2) is 4.79 Å². The third-order valence-electron chi connectivity index (χ3n) is 7.96.